The summed E-state index contributed by atoms with van der Waals surface area (Å²) in [6.07, 6.45) is 1.86. The molecule has 0 amide bonds. The van der Waals surface area contributed by atoms with Gasteiger partial charge in [0.15, 0.2) is 0 Å². The van der Waals surface area contributed by atoms with E-state index in [1.807, 2.05) is 6.08 Å². The van der Waals surface area contributed by atoms with Gasteiger partial charge < -0.3 is 10.6 Å². The summed E-state index contributed by atoms with van der Waals surface area (Å²) in [5, 5.41) is 6.59. The van der Waals surface area contributed by atoms with Crippen LogP contribution in [0.4, 0.5) is 11.4 Å². The third kappa shape index (κ3) is 2.80. The first-order chi connectivity index (χ1) is 6.80. The maximum atomic E-state index is 3.78. The molecule has 1 aromatic rings. The summed E-state index contributed by atoms with van der Waals surface area (Å²) in [4.78, 5) is 0. The van der Waals surface area contributed by atoms with Crippen molar-refractivity contribution in [2.45, 2.75) is 13.8 Å². The van der Waals surface area contributed by atoms with E-state index in [2.05, 4.69) is 49.3 Å². The topological polar surface area (TPSA) is 24.1 Å². The largest absolute Gasteiger partial charge is 0.385 e. The van der Waals surface area contributed by atoms with Crippen molar-refractivity contribution in [2.24, 2.45) is 0 Å². The lowest BCUT2D eigenvalue weighted by Crippen LogP contribution is -2.00. The Morgan fingerprint density at radius 1 is 1.07 bits per heavy atom. The van der Waals surface area contributed by atoms with Gasteiger partial charge in [-0.1, -0.05) is 12.7 Å². The molecule has 0 aliphatic heterocycles. The number of nitrogens with one attached hydrogen (secondary N) is 2. The average molecular weight is 190 g/mol. The molecule has 0 bridgehead atoms. The van der Waals surface area contributed by atoms with Crippen LogP contribution >= 0.6 is 0 Å². The highest BCUT2D eigenvalue weighted by molar-refractivity contribution is 5.65. The molecule has 0 atom stereocenters. The quantitative estimate of drug-likeness (QED) is 0.745. The van der Waals surface area contributed by atoms with E-state index in [-0.39, 0.29) is 0 Å². The summed E-state index contributed by atoms with van der Waals surface area (Å²) in [6.45, 7) is 9.83. The van der Waals surface area contributed by atoms with Crippen molar-refractivity contribution in [3.05, 3.63) is 30.3 Å². The molecule has 1 rings (SSSR count). The minimum absolute atomic E-state index is 0.937. The van der Waals surface area contributed by atoms with Crippen LogP contribution in [-0.2, 0) is 0 Å². The van der Waals surface area contributed by atoms with E-state index in [0.717, 1.165) is 30.0 Å². The molecule has 0 unspecified atom stereocenters. The summed E-state index contributed by atoms with van der Waals surface area (Å²) in [6, 6.07) is 6.30. The fourth-order valence-electron chi connectivity index (χ4n) is 1.38. The zero-order chi connectivity index (χ0) is 10.4. The van der Waals surface area contributed by atoms with Gasteiger partial charge in [0.25, 0.3) is 0 Å². The van der Waals surface area contributed by atoms with Gasteiger partial charge in [0.2, 0.25) is 0 Å². The molecule has 0 radical (unpaired) electrons. The van der Waals surface area contributed by atoms with Crippen molar-refractivity contribution in [1.29, 1.82) is 0 Å². The molecule has 1 aromatic carbocycles. The smallest absolute Gasteiger partial charge is 0.0366 e. The predicted octanol–water partition coefficient (Wildman–Crippen LogP) is 3.19. The Labute approximate surface area is 86.0 Å². The summed E-state index contributed by atoms with van der Waals surface area (Å²) in [7, 11) is 0. The van der Waals surface area contributed by atoms with Gasteiger partial charge >= 0.3 is 0 Å². The van der Waals surface area contributed by atoms with Crippen LogP contribution in [0.15, 0.2) is 24.8 Å². The molecule has 2 N–H and O–H groups in total. The van der Waals surface area contributed by atoms with Crippen LogP contribution < -0.4 is 10.6 Å². The summed E-state index contributed by atoms with van der Waals surface area (Å²) < 4.78 is 0. The number of anilines is 2. The van der Waals surface area contributed by atoms with E-state index >= 15 is 0 Å². The van der Waals surface area contributed by atoms with E-state index in [0.29, 0.717) is 0 Å². The molecule has 0 aromatic heterocycles. The van der Waals surface area contributed by atoms with E-state index < -0.39 is 0 Å². The van der Waals surface area contributed by atoms with Gasteiger partial charge in [0, 0.05) is 24.5 Å². The average Bonchev–Trinajstić information content (AvgIpc) is 2.18. The zero-order valence-electron chi connectivity index (χ0n) is 8.93. The van der Waals surface area contributed by atoms with Crippen molar-refractivity contribution in [2.75, 3.05) is 23.7 Å². The van der Waals surface area contributed by atoms with Crippen LogP contribution in [0.3, 0.4) is 0 Å². The Bertz CT molecular complexity index is 281. The van der Waals surface area contributed by atoms with Crippen molar-refractivity contribution in [3.63, 3.8) is 0 Å². The Hall–Kier alpha value is -1.44. The highest BCUT2D eigenvalue weighted by atomic mass is 14.9. The summed E-state index contributed by atoms with van der Waals surface area (Å²) in [5.74, 6) is 0. The Morgan fingerprint density at radius 3 is 1.93 bits per heavy atom. The first kappa shape index (κ1) is 10.6. The van der Waals surface area contributed by atoms with Crippen LogP contribution in [0, 0.1) is 0 Å². The molecule has 0 aliphatic rings. The van der Waals surface area contributed by atoms with Crippen molar-refractivity contribution >= 4 is 17.5 Å². The Balaban J connectivity index is 2.94. The van der Waals surface area contributed by atoms with Crippen molar-refractivity contribution < 1.29 is 0 Å². The molecule has 0 spiro atoms. The molecule has 0 fully saturated rings. The molecule has 14 heavy (non-hydrogen) atoms. The highest BCUT2D eigenvalue weighted by Gasteiger charge is 1.96. The van der Waals surface area contributed by atoms with Gasteiger partial charge in [0.1, 0.15) is 0 Å². The minimum atomic E-state index is 0.937. The zero-order valence-corrected chi connectivity index (χ0v) is 8.93. The number of benzene rings is 1. The van der Waals surface area contributed by atoms with Crippen LogP contribution in [0.1, 0.15) is 19.4 Å². The SMILES string of the molecule is C=Cc1cc(NCC)cc(NCC)c1. The second kappa shape index (κ2) is 5.32. The van der Waals surface area contributed by atoms with Gasteiger partial charge in [-0.25, -0.2) is 0 Å². The molecular formula is C12H18N2. The first-order valence-electron chi connectivity index (χ1n) is 5.05. The molecule has 0 aliphatic carbocycles. The fraction of sp³-hybridized carbons (Fsp3) is 0.333. The minimum Gasteiger partial charge on any atom is -0.385 e. The number of hydrogen-bond acceptors (Lipinski definition) is 2. The maximum Gasteiger partial charge on any atom is 0.0366 e. The highest BCUT2D eigenvalue weighted by Crippen LogP contribution is 2.19. The summed E-state index contributed by atoms with van der Waals surface area (Å²) in [5.41, 5.74) is 3.42. The van der Waals surface area contributed by atoms with Gasteiger partial charge in [-0.2, -0.15) is 0 Å². The van der Waals surface area contributed by atoms with Crippen LogP contribution in [0.25, 0.3) is 6.08 Å². The first-order valence-corrected chi connectivity index (χ1v) is 5.05. The van der Waals surface area contributed by atoms with Crippen molar-refractivity contribution in [3.8, 4) is 0 Å². The van der Waals surface area contributed by atoms with Gasteiger partial charge in [-0.3, -0.25) is 0 Å². The normalized spacial score (nSPS) is 9.57. The third-order valence-electron chi connectivity index (χ3n) is 1.95. The Kier molecular flexibility index (Phi) is 4.05. The van der Waals surface area contributed by atoms with Crippen LogP contribution in [-0.4, -0.2) is 13.1 Å². The maximum absolute atomic E-state index is 3.78. The third-order valence-corrected chi connectivity index (χ3v) is 1.95. The van der Waals surface area contributed by atoms with Gasteiger partial charge in [0.05, 0.1) is 0 Å². The lowest BCUT2D eigenvalue weighted by atomic mass is 10.1. The van der Waals surface area contributed by atoms with Crippen molar-refractivity contribution in [1.82, 2.24) is 0 Å². The second-order valence-electron chi connectivity index (χ2n) is 3.11. The molecule has 0 saturated heterocycles. The van der Waals surface area contributed by atoms with E-state index in [4.69, 9.17) is 0 Å². The van der Waals surface area contributed by atoms with Gasteiger partial charge in [-0.05, 0) is 37.6 Å². The molecule has 0 saturated carbocycles. The number of rotatable bonds is 5. The molecule has 2 nitrogen and oxygen atoms in total. The predicted molar refractivity (Wildman–Crippen MR) is 64.9 cm³/mol. The standard InChI is InChI=1S/C12H18N2/c1-4-10-7-11(13-5-2)9-12(8-10)14-6-3/h4,7-9,13-14H,1,5-6H2,2-3H3. The fourth-order valence-corrected chi connectivity index (χ4v) is 1.38. The van der Waals surface area contributed by atoms with Crippen LogP contribution in [0.2, 0.25) is 0 Å². The molecule has 0 heterocycles. The van der Waals surface area contributed by atoms with E-state index in [1.165, 1.54) is 0 Å². The monoisotopic (exact) mass is 190 g/mol. The number of hydrogen-bond donors (Lipinski definition) is 2. The molecule has 76 valence electrons. The molecule has 2 heteroatoms. The second-order valence-corrected chi connectivity index (χ2v) is 3.11. The molecular weight excluding hydrogens is 172 g/mol. The van der Waals surface area contributed by atoms with Gasteiger partial charge in [-0.15, -0.1) is 0 Å². The lowest BCUT2D eigenvalue weighted by Gasteiger charge is -2.09. The van der Waals surface area contributed by atoms with E-state index in [9.17, 15) is 0 Å². The summed E-state index contributed by atoms with van der Waals surface area (Å²) >= 11 is 0. The Morgan fingerprint density at radius 2 is 1.57 bits per heavy atom. The van der Waals surface area contributed by atoms with E-state index in [1.54, 1.807) is 0 Å². The lowest BCUT2D eigenvalue weighted by molar-refractivity contribution is 1.19. The van der Waals surface area contributed by atoms with Crippen LogP contribution in [0.5, 0.6) is 0 Å².